The van der Waals surface area contributed by atoms with E-state index in [9.17, 15) is 19.8 Å². The van der Waals surface area contributed by atoms with Crippen molar-refractivity contribution in [1.29, 1.82) is 0 Å². The number of methoxy groups -OCH3 is 2. The fraction of sp³-hybridized carbons (Fsp3) is 0.143. The number of rotatable bonds is 8. The van der Waals surface area contributed by atoms with Crippen LogP contribution in [0.4, 0.5) is 0 Å². The molecule has 0 atom stereocenters. The molecule has 0 amide bonds. The summed E-state index contributed by atoms with van der Waals surface area (Å²) in [6.07, 6.45) is 5.20. The highest BCUT2D eigenvalue weighted by atomic mass is 16.5. The number of phenols is 2. The Morgan fingerprint density at radius 1 is 0.889 bits per heavy atom. The molecule has 2 rings (SSSR count). The first-order valence-electron chi connectivity index (χ1n) is 8.08. The number of hydrogen-bond acceptors (Lipinski definition) is 6. The van der Waals surface area contributed by atoms with Crippen molar-refractivity contribution < 1.29 is 29.3 Å². The molecule has 2 N–H and O–H groups in total. The molecule has 0 saturated carbocycles. The lowest BCUT2D eigenvalue weighted by Gasteiger charge is -2.03. The van der Waals surface area contributed by atoms with Gasteiger partial charge in [0.2, 0.25) is 0 Å². The summed E-state index contributed by atoms with van der Waals surface area (Å²) in [6.45, 7) is 0. The van der Waals surface area contributed by atoms with Gasteiger partial charge in [-0.2, -0.15) is 0 Å². The van der Waals surface area contributed by atoms with Crippen LogP contribution in [0, 0.1) is 0 Å². The maximum absolute atomic E-state index is 11.9. The zero-order chi connectivity index (χ0) is 19.8. The van der Waals surface area contributed by atoms with Crippen LogP contribution in [0.15, 0.2) is 48.6 Å². The summed E-state index contributed by atoms with van der Waals surface area (Å²) in [5.74, 6) is 0.0843. The van der Waals surface area contributed by atoms with Gasteiger partial charge in [0.15, 0.2) is 23.1 Å². The fourth-order valence-corrected chi connectivity index (χ4v) is 2.25. The molecule has 0 spiro atoms. The fourth-order valence-electron chi connectivity index (χ4n) is 2.25. The molecule has 6 nitrogen and oxygen atoms in total. The van der Waals surface area contributed by atoms with Gasteiger partial charge in [0.05, 0.1) is 20.6 Å². The average molecular weight is 368 g/mol. The summed E-state index contributed by atoms with van der Waals surface area (Å²) in [6, 6.07) is 9.29. The summed E-state index contributed by atoms with van der Waals surface area (Å²) in [5.41, 5.74) is 1.07. The zero-order valence-electron chi connectivity index (χ0n) is 15.0. The maximum atomic E-state index is 11.9. The van der Waals surface area contributed by atoms with E-state index in [2.05, 4.69) is 0 Å². The summed E-state index contributed by atoms with van der Waals surface area (Å²) >= 11 is 0. The highest BCUT2D eigenvalue weighted by Gasteiger charge is 2.06. The number of phenolic OH excluding ortho intramolecular Hbond substituents is 2. The molecule has 0 heterocycles. The second-order valence-corrected chi connectivity index (χ2v) is 5.63. The summed E-state index contributed by atoms with van der Waals surface area (Å²) in [7, 11) is 2.93. The van der Waals surface area contributed by atoms with Crippen molar-refractivity contribution >= 4 is 23.7 Å². The number of hydrogen-bond donors (Lipinski definition) is 2. The Kier molecular flexibility index (Phi) is 6.77. The topological polar surface area (TPSA) is 93.1 Å². The first-order chi connectivity index (χ1) is 12.9. The van der Waals surface area contributed by atoms with Gasteiger partial charge in [0.25, 0.3) is 0 Å². The van der Waals surface area contributed by atoms with Crippen LogP contribution in [0.2, 0.25) is 0 Å². The van der Waals surface area contributed by atoms with Gasteiger partial charge in [0, 0.05) is 5.56 Å². The number of carbonyl (C=O) groups excluding carboxylic acids is 2. The van der Waals surface area contributed by atoms with Gasteiger partial charge in [0.1, 0.15) is 11.5 Å². The molecule has 0 fully saturated rings. The number of aromatic hydroxyl groups is 2. The maximum Gasteiger partial charge on any atom is 0.163 e. The van der Waals surface area contributed by atoms with E-state index in [0.717, 1.165) is 0 Å². The third kappa shape index (κ3) is 5.74. The Morgan fingerprint density at radius 2 is 1.56 bits per heavy atom. The largest absolute Gasteiger partial charge is 0.507 e. The van der Waals surface area contributed by atoms with Gasteiger partial charge in [-0.15, -0.1) is 0 Å². The van der Waals surface area contributed by atoms with Crippen molar-refractivity contribution in [2.45, 2.75) is 6.42 Å². The van der Waals surface area contributed by atoms with E-state index in [-0.39, 0.29) is 23.7 Å². The van der Waals surface area contributed by atoms with Crippen LogP contribution in [0.3, 0.4) is 0 Å². The molecule has 2 aromatic carbocycles. The van der Waals surface area contributed by atoms with E-state index in [4.69, 9.17) is 9.47 Å². The number of ether oxygens (including phenoxy) is 2. The van der Waals surface area contributed by atoms with Gasteiger partial charge in [-0.05, 0) is 54.1 Å². The van der Waals surface area contributed by atoms with Crippen LogP contribution >= 0.6 is 0 Å². The molecular formula is C21H20O6. The summed E-state index contributed by atoms with van der Waals surface area (Å²) in [4.78, 5) is 23.9. The Bertz CT molecular complexity index is 896. The van der Waals surface area contributed by atoms with Crippen LogP contribution in [-0.2, 0) is 9.59 Å². The predicted octanol–water partition coefficient (Wildman–Crippen LogP) is 3.37. The van der Waals surface area contributed by atoms with Crippen LogP contribution in [0.5, 0.6) is 23.0 Å². The molecule has 0 bridgehead atoms. The minimum atomic E-state index is -0.393. The van der Waals surface area contributed by atoms with E-state index in [0.29, 0.717) is 22.6 Å². The molecule has 0 aliphatic rings. The second-order valence-electron chi connectivity index (χ2n) is 5.63. The molecule has 0 saturated heterocycles. The van der Waals surface area contributed by atoms with Gasteiger partial charge in [-0.25, -0.2) is 0 Å². The lowest BCUT2D eigenvalue weighted by Crippen LogP contribution is -2.01. The number of allylic oxidation sites excluding steroid dienone is 2. The summed E-state index contributed by atoms with van der Waals surface area (Å²) < 4.78 is 10.1. The third-order valence-electron chi connectivity index (χ3n) is 3.70. The third-order valence-corrected chi connectivity index (χ3v) is 3.70. The van der Waals surface area contributed by atoms with Crippen molar-refractivity contribution in [3.63, 3.8) is 0 Å². The number of benzene rings is 2. The Morgan fingerprint density at radius 3 is 2.22 bits per heavy atom. The summed E-state index contributed by atoms with van der Waals surface area (Å²) in [5, 5.41) is 19.3. The van der Waals surface area contributed by atoms with Crippen molar-refractivity contribution in [2.24, 2.45) is 0 Å². The van der Waals surface area contributed by atoms with Crippen LogP contribution in [0.25, 0.3) is 12.2 Å². The smallest absolute Gasteiger partial charge is 0.163 e. The molecule has 0 radical (unpaired) electrons. The van der Waals surface area contributed by atoms with E-state index in [1.807, 2.05) is 0 Å². The molecule has 27 heavy (non-hydrogen) atoms. The second kappa shape index (κ2) is 9.24. The zero-order valence-corrected chi connectivity index (χ0v) is 15.0. The highest BCUT2D eigenvalue weighted by molar-refractivity contribution is 6.11. The number of carbonyl (C=O) groups is 2. The highest BCUT2D eigenvalue weighted by Crippen LogP contribution is 2.27. The van der Waals surface area contributed by atoms with Crippen molar-refractivity contribution in [1.82, 2.24) is 0 Å². The molecule has 0 aliphatic carbocycles. The Labute approximate surface area is 157 Å². The first kappa shape index (κ1) is 19.8. The molecule has 0 unspecified atom stereocenters. The van der Waals surface area contributed by atoms with Crippen LogP contribution in [0.1, 0.15) is 17.5 Å². The van der Waals surface area contributed by atoms with E-state index >= 15 is 0 Å². The van der Waals surface area contributed by atoms with Crippen LogP contribution < -0.4 is 9.47 Å². The predicted molar refractivity (Wildman–Crippen MR) is 102 cm³/mol. The monoisotopic (exact) mass is 368 g/mol. The first-order valence-corrected chi connectivity index (χ1v) is 8.08. The van der Waals surface area contributed by atoms with Crippen molar-refractivity contribution in [3.8, 4) is 23.0 Å². The molecule has 0 aliphatic heterocycles. The molecular weight excluding hydrogens is 348 g/mol. The normalized spacial score (nSPS) is 11.0. The van der Waals surface area contributed by atoms with Crippen molar-refractivity contribution in [3.05, 3.63) is 59.7 Å². The molecule has 0 aromatic heterocycles. The van der Waals surface area contributed by atoms with E-state index in [1.165, 1.54) is 50.7 Å². The quantitative estimate of drug-likeness (QED) is 0.548. The number of ketones is 2. The Hall–Kier alpha value is -3.54. The van der Waals surface area contributed by atoms with Gasteiger partial charge < -0.3 is 19.7 Å². The van der Waals surface area contributed by atoms with Gasteiger partial charge in [-0.1, -0.05) is 12.1 Å². The molecule has 2 aromatic rings. The van der Waals surface area contributed by atoms with Gasteiger partial charge in [-0.3, -0.25) is 9.59 Å². The SMILES string of the molecule is COc1ccc(O)c(C=CC(=O)CC(=O)C=Cc2ccc(O)c(OC)c2)c1. The van der Waals surface area contributed by atoms with Gasteiger partial charge >= 0.3 is 0 Å². The lowest BCUT2D eigenvalue weighted by molar-refractivity contribution is -0.121. The minimum Gasteiger partial charge on any atom is -0.507 e. The van der Waals surface area contributed by atoms with E-state index < -0.39 is 5.78 Å². The van der Waals surface area contributed by atoms with Crippen molar-refractivity contribution in [2.75, 3.05) is 14.2 Å². The van der Waals surface area contributed by atoms with E-state index in [1.54, 1.807) is 24.3 Å². The standard InChI is InChI=1S/C21H20O6/c1-26-18-8-10-19(24)15(12-18)5-7-17(23)13-16(22)6-3-14-4-9-20(25)21(11-14)27-2/h3-12,24-25H,13H2,1-2H3. The lowest BCUT2D eigenvalue weighted by atomic mass is 10.1. The minimum absolute atomic E-state index is 0.00193. The average Bonchev–Trinajstić information content (AvgIpc) is 2.66. The molecule has 6 heteroatoms. The van der Waals surface area contributed by atoms with Crippen LogP contribution in [-0.4, -0.2) is 36.0 Å². The molecule has 140 valence electrons. The Balaban J connectivity index is 1.98.